The van der Waals surface area contributed by atoms with E-state index in [9.17, 15) is 14.7 Å². The summed E-state index contributed by atoms with van der Waals surface area (Å²) in [6, 6.07) is 0. The van der Waals surface area contributed by atoms with Gasteiger partial charge in [0, 0.05) is 5.57 Å². The van der Waals surface area contributed by atoms with Crippen molar-refractivity contribution in [3.8, 4) is 0 Å². The Morgan fingerprint density at radius 2 is 2.06 bits per heavy atom. The second kappa shape index (κ2) is 4.32. The largest absolute Gasteiger partial charge is 0.479 e. The van der Waals surface area contributed by atoms with Gasteiger partial charge in [-0.1, -0.05) is 24.8 Å². The molecule has 5 heteroatoms. The van der Waals surface area contributed by atoms with E-state index in [1.165, 1.54) is 31.2 Å². The van der Waals surface area contributed by atoms with Crippen molar-refractivity contribution in [3.63, 3.8) is 0 Å². The molecule has 0 saturated carbocycles. The number of rotatable bonds is 3. The maximum absolute atomic E-state index is 11.4. The van der Waals surface area contributed by atoms with Gasteiger partial charge in [0.15, 0.2) is 5.54 Å². The second-order valence-corrected chi connectivity index (χ2v) is 3.60. The summed E-state index contributed by atoms with van der Waals surface area (Å²) in [6.07, 6.45) is 4.20. The molecule has 0 radical (unpaired) electrons. The molecule has 0 saturated heterocycles. The molecular weight excluding hydrogens is 210 g/mol. The number of carbonyl (C=O) groups excluding carboxylic acids is 1. The van der Waals surface area contributed by atoms with Gasteiger partial charge in [-0.15, -0.1) is 0 Å². The predicted molar refractivity (Wildman–Crippen MR) is 57.6 cm³/mol. The minimum Gasteiger partial charge on any atom is -0.479 e. The zero-order valence-electron chi connectivity index (χ0n) is 8.80. The molecule has 1 aliphatic rings. The second-order valence-electron chi connectivity index (χ2n) is 3.60. The molecule has 1 amide bonds. The molecule has 0 spiro atoms. The number of nitrogens with one attached hydrogen (secondary N) is 1. The van der Waals surface area contributed by atoms with Crippen molar-refractivity contribution < 1.29 is 19.8 Å². The average Bonchev–Trinajstić information content (AvgIpc) is 2.20. The zero-order valence-corrected chi connectivity index (χ0v) is 8.80. The van der Waals surface area contributed by atoms with Crippen molar-refractivity contribution in [2.75, 3.05) is 0 Å². The molecule has 0 fully saturated rings. The van der Waals surface area contributed by atoms with Gasteiger partial charge in [0.25, 0.3) is 0 Å². The van der Waals surface area contributed by atoms with Crippen LogP contribution in [0.5, 0.6) is 0 Å². The highest BCUT2D eigenvalue weighted by Crippen LogP contribution is 2.19. The lowest BCUT2D eigenvalue weighted by Crippen LogP contribution is -2.60. The number of aliphatic carboxylic acids is 1. The van der Waals surface area contributed by atoms with E-state index in [0.717, 1.165) is 0 Å². The highest BCUT2D eigenvalue weighted by Gasteiger charge is 2.44. The van der Waals surface area contributed by atoms with Gasteiger partial charge in [0.05, 0.1) is 0 Å². The smallest absolute Gasteiger partial charge is 0.336 e. The molecule has 2 unspecified atom stereocenters. The van der Waals surface area contributed by atoms with E-state index in [4.69, 9.17) is 5.11 Å². The van der Waals surface area contributed by atoms with Gasteiger partial charge in [-0.3, -0.25) is 4.79 Å². The van der Waals surface area contributed by atoms with Crippen LogP contribution in [0.4, 0.5) is 0 Å². The van der Waals surface area contributed by atoms with Crippen LogP contribution in [0.2, 0.25) is 0 Å². The summed E-state index contributed by atoms with van der Waals surface area (Å²) < 4.78 is 0. The molecule has 0 aromatic rings. The van der Waals surface area contributed by atoms with E-state index in [1.807, 2.05) is 0 Å². The van der Waals surface area contributed by atoms with Crippen molar-refractivity contribution >= 4 is 11.9 Å². The van der Waals surface area contributed by atoms with Crippen LogP contribution in [-0.4, -0.2) is 33.7 Å². The van der Waals surface area contributed by atoms with Crippen LogP contribution < -0.4 is 5.32 Å². The summed E-state index contributed by atoms with van der Waals surface area (Å²) in [5, 5.41) is 21.0. The van der Waals surface area contributed by atoms with E-state index in [0.29, 0.717) is 0 Å². The van der Waals surface area contributed by atoms with Gasteiger partial charge >= 0.3 is 5.97 Å². The van der Waals surface area contributed by atoms with Gasteiger partial charge in [-0.25, -0.2) is 4.79 Å². The Bertz CT molecular complexity index is 397. The topological polar surface area (TPSA) is 86.6 Å². The first kappa shape index (κ1) is 12.2. The van der Waals surface area contributed by atoms with Crippen molar-refractivity contribution in [1.29, 1.82) is 0 Å². The highest BCUT2D eigenvalue weighted by atomic mass is 16.4. The fraction of sp³-hybridized carbons (Fsp3) is 0.273. The Hall–Kier alpha value is -1.88. The van der Waals surface area contributed by atoms with Gasteiger partial charge in [-0.2, -0.15) is 0 Å². The SMILES string of the molecule is C=C(C)C(=O)NC1(C(=O)O)C=CC=CC1O. The molecule has 0 aromatic carbocycles. The monoisotopic (exact) mass is 223 g/mol. The lowest BCUT2D eigenvalue weighted by molar-refractivity contribution is -0.148. The van der Waals surface area contributed by atoms with E-state index >= 15 is 0 Å². The Labute approximate surface area is 92.8 Å². The van der Waals surface area contributed by atoms with E-state index < -0.39 is 23.5 Å². The van der Waals surface area contributed by atoms with Crippen molar-refractivity contribution in [2.24, 2.45) is 0 Å². The summed E-state index contributed by atoms with van der Waals surface area (Å²) in [6.45, 7) is 4.87. The number of carboxylic acid groups (broad SMARTS) is 1. The Morgan fingerprint density at radius 1 is 1.44 bits per heavy atom. The first-order valence-corrected chi connectivity index (χ1v) is 4.65. The molecule has 1 aliphatic carbocycles. The third kappa shape index (κ3) is 2.04. The van der Waals surface area contributed by atoms with Crippen LogP contribution in [-0.2, 0) is 9.59 Å². The molecule has 0 bridgehead atoms. The number of aliphatic hydroxyl groups excluding tert-OH is 1. The van der Waals surface area contributed by atoms with Crippen LogP contribution in [0.15, 0.2) is 36.5 Å². The maximum atomic E-state index is 11.4. The number of carboxylic acids is 1. The highest BCUT2D eigenvalue weighted by molar-refractivity contribution is 5.97. The first-order chi connectivity index (χ1) is 7.40. The molecule has 0 aromatic heterocycles. The molecule has 1 rings (SSSR count). The Kier molecular flexibility index (Phi) is 3.29. The molecule has 2 atom stereocenters. The predicted octanol–water partition coefficient (Wildman–Crippen LogP) is -0.0110. The fourth-order valence-corrected chi connectivity index (χ4v) is 1.29. The minimum atomic E-state index is -1.81. The maximum Gasteiger partial charge on any atom is 0.336 e. The van der Waals surface area contributed by atoms with E-state index in [2.05, 4.69) is 11.9 Å². The first-order valence-electron chi connectivity index (χ1n) is 4.65. The fourth-order valence-electron chi connectivity index (χ4n) is 1.29. The summed E-state index contributed by atoms with van der Waals surface area (Å²) >= 11 is 0. The van der Waals surface area contributed by atoms with Crippen molar-refractivity contribution in [2.45, 2.75) is 18.6 Å². The summed E-state index contributed by atoms with van der Waals surface area (Å²) in [5.41, 5.74) is -1.64. The van der Waals surface area contributed by atoms with Gasteiger partial charge in [0.1, 0.15) is 6.10 Å². The molecule has 5 nitrogen and oxygen atoms in total. The average molecular weight is 223 g/mol. The summed E-state index contributed by atoms with van der Waals surface area (Å²) in [7, 11) is 0. The third-order valence-electron chi connectivity index (χ3n) is 2.29. The third-order valence-corrected chi connectivity index (χ3v) is 2.29. The van der Waals surface area contributed by atoms with Gasteiger partial charge in [0.2, 0.25) is 5.91 Å². The molecular formula is C11H13NO4. The van der Waals surface area contributed by atoms with Crippen LogP contribution >= 0.6 is 0 Å². The minimum absolute atomic E-state index is 0.177. The quantitative estimate of drug-likeness (QED) is 0.587. The Balaban J connectivity index is 3.03. The van der Waals surface area contributed by atoms with Gasteiger partial charge < -0.3 is 15.5 Å². The summed E-state index contributed by atoms with van der Waals surface area (Å²) in [5.74, 6) is -1.93. The number of carbonyl (C=O) groups is 2. The number of aliphatic hydroxyl groups is 1. The van der Waals surface area contributed by atoms with Crippen LogP contribution in [0, 0.1) is 0 Å². The number of amides is 1. The lowest BCUT2D eigenvalue weighted by atomic mass is 9.88. The van der Waals surface area contributed by atoms with Crippen molar-refractivity contribution in [1.82, 2.24) is 5.32 Å². The molecule has 0 heterocycles. The standard InChI is InChI=1S/C11H13NO4/c1-7(2)9(14)12-11(10(15)16)6-4-3-5-8(11)13/h3-6,8,13H,1H2,2H3,(H,12,14)(H,15,16). The van der Waals surface area contributed by atoms with Crippen LogP contribution in [0.3, 0.4) is 0 Å². The lowest BCUT2D eigenvalue weighted by Gasteiger charge is -2.32. The van der Waals surface area contributed by atoms with E-state index in [1.54, 1.807) is 0 Å². The van der Waals surface area contributed by atoms with E-state index in [-0.39, 0.29) is 5.57 Å². The molecule has 3 N–H and O–H groups in total. The van der Waals surface area contributed by atoms with Crippen molar-refractivity contribution in [3.05, 3.63) is 36.5 Å². The molecule has 86 valence electrons. The zero-order chi connectivity index (χ0) is 12.3. The molecule has 16 heavy (non-hydrogen) atoms. The van der Waals surface area contributed by atoms with Crippen LogP contribution in [0.1, 0.15) is 6.92 Å². The molecule has 0 aliphatic heterocycles. The number of allylic oxidation sites excluding steroid dienone is 2. The summed E-state index contributed by atoms with van der Waals surface area (Å²) in [4.78, 5) is 22.6. The number of hydrogen-bond acceptors (Lipinski definition) is 3. The van der Waals surface area contributed by atoms with Crippen LogP contribution in [0.25, 0.3) is 0 Å². The van der Waals surface area contributed by atoms with Gasteiger partial charge in [-0.05, 0) is 13.0 Å². The normalized spacial score (nSPS) is 27.5. The Morgan fingerprint density at radius 3 is 2.50 bits per heavy atom. The number of hydrogen-bond donors (Lipinski definition) is 3.